The Labute approximate surface area is 60.6 Å². The van der Waals surface area contributed by atoms with E-state index in [0.717, 1.165) is 6.42 Å². The van der Waals surface area contributed by atoms with E-state index in [0.29, 0.717) is 6.42 Å². The molecule has 1 aliphatic rings. The number of aliphatic hydroxyl groups excluding tert-OH is 1. The van der Waals surface area contributed by atoms with E-state index in [9.17, 15) is 5.11 Å². The third-order valence-electron chi connectivity index (χ3n) is 1.61. The molecule has 1 N–H and O–H groups in total. The lowest BCUT2D eigenvalue weighted by atomic mass is 10.1. The molecule has 1 saturated heterocycles. The minimum Gasteiger partial charge on any atom is -0.390 e. The Morgan fingerprint density at radius 2 is 2.44 bits per heavy atom. The average molecular weight is 148 g/mol. The molecular weight excluding hydrogens is 136 g/mol. The van der Waals surface area contributed by atoms with Gasteiger partial charge in [0.25, 0.3) is 0 Å². The van der Waals surface area contributed by atoms with Crippen LogP contribution in [0.2, 0.25) is 0 Å². The van der Waals surface area contributed by atoms with E-state index in [1.165, 1.54) is 0 Å². The van der Waals surface area contributed by atoms with Crippen LogP contribution in [0.5, 0.6) is 0 Å². The molecule has 0 aromatic heterocycles. The maximum atomic E-state index is 9.19. The van der Waals surface area contributed by atoms with Crippen LogP contribution >= 0.6 is 12.6 Å². The van der Waals surface area contributed by atoms with Gasteiger partial charge in [-0.05, 0) is 6.42 Å². The van der Waals surface area contributed by atoms with Crippen molar-refractivity contribution >= 4 is 12.6 Å². The van der Waals surface area contributed by atoms with Crippen LogP contribution < -0.4 is 0 Å². The fraction of sp³-hybridized carbons (Fsp3) is 1.00. The van der Waals surface area contributed by atoms with Gasteiger partial charge in [-0.25, -0.2) is 0 Å². The molecule has 0 saturated carbocycles. The Kier molecular flexibility index (Phi) is 2.38. The van der Waals surface area contributed by atoms with Crippen molar-refractivity contribution in [1.29, 1.82) is 0 Å². The van der Waals surface area contributed by atoms with Crippen LogP contribution in [0.25, 0.3) is 0 Å². The van der Waals surface area contributed by atoms with Gasteiger partial charge in [0.15, 0.2) is 0 Å². The summed E-state index contributed by atoms with van der Waals surface area (Å²) < 4.78 is 5.24. The maximum Gasteiger partial charge on any atom is 0.103 e. The van der Waals surface area contributed by atoms with Crippen molar-refractivity contribution in [1.82, 2.24) is 0 Å². The van der Waals surface area contributed by atoms with E-state index in [-0.39, 0.29) is 17.6 Å². The first-order valence-electron chi connectivity index (χ1n) is 3.25. The van der Waals surface area contributed by atoms with Crippen molar-refractivity contribution in [2.45, 2.75) is 37.4 Å². The van der Waals surface area contributed by atoms with Crippen molar-refractivity contribution in [3.8, 4) is 0 Å². The Balaban J connectivity index is 2.38. The van der Waals surface area contributed by atoms with Gasteiger partial charge in [-0.2, -0.15) is 0 Å². The molecule has 0 aliphatic carbocycles. The number of hydrogen-bond acceptors (Lipinski definition) is 3. The molecule has 54 valence electrons. The van der Waals surface area contributed by atoms with Gasteiger partial charge in [0.05, 0.1) is 12.2 Å². The minimum atomic E-state index is -0.294. The lowest BCUT2D eigenvalue weighted by molar-refractivity contribution is 0.0329. The fourth-order valence-corrected chi connectivity index (χ4v) is 1.45. The zero-order valence-corrected chi connectivity index (χ0v) is 6.34. The van der Waals surface area contributed by atoms with Crippen LogP contribution in [0.3, 0.4) is 0 Å². The molecular formula is C6H12O2S. The van der Waals surface area contributed by atoms with E-state index in [1.54, 1.807) is 0 Å². The van der Waals surface area contributed by atoms with E-state index in [2.05, 4.69) is 12.6 Å². The fourth-order valence-electron chi connectivity index (χ4n) is 1.07. The molecule has 0 amide bonds. The van der Waals surface area contributed by atoms with Crippen molar-refractivity contribution in [3.05, 3.63) is 0 Å². The molecule has 0 spiro atoms. The number of aliphatic hydroxyl groups is 1. The van der Waals surface area contributed by atoms with Crippen LogP contribution in [0.4, 0.5) is 0 Å². The predicted molar refractivity (Wildman–Crippen MR) is 38.6 cm³/mol. The highest BCUT2D eigenvalue weighted by molar-refractivity contribution is 7.80. The molecule has 2 nitrogen and oxygen atoms in total. The Morgan fingerprint density at radius 1 is 1.78 bits per heavy atom. The summed E-state index contributed by atoms with van der Waals surface area (Å²) in [6.07, 6.45) is 1.27. The van der Waals surface area contributed by atoms with Gasteiger partial charge in [0, 0.05) is 6.42 Å². The van der Waals surface area contributed by atoms with E-state index < -0.39 is 0 Å². The van der Waals surface area contributed by atoms with Crippen LogP contribution in [0.15, 0.2) is 0 Å². The third-order valence-corrected chi connectivity index (χ3v) is 1.94. The van der Waals surface area contributed by atoms with Gasteiger partial charge >= 0.3 is 0 Å². The first kappa shape index (κ1) is 7.38. The summed E-state index contributed by atoms with van der Waals surface area (Å²) in [5, 5.41) is 9.19. The smallest absolute Gasteiger partial charge is 0.103 e. The Bertz CT molecular complexity index is 97.1. The molecule has 1 heterocycles. The number of thiol groups is 1. The van der Waals surface area contributed by atoms with Crippen molar-refractivity contribution in [2.24, 2.45) is 0 Å². The van der Waals surface area contributed by atoms with Crippen LogP contribution in [0, 0.1) is 0 Å². The molecule has 3 heteroatoms. The quantitative estimate of drug-likeness (QED) is 0.539. The zero-order valence-electron chi connectivity index (χ0n) is 5.45. The lowest BCUT2D eigenvalue weighted by Crippen LogP contribution is -2.18. The van der Waals surface area contributed by atoms with Crippen LogP contribution in [-0.2, 0) is 4.74 Å². The van der Waals surface area contributed by atoms with Gasteiger partial charge in [0.1, 0.15) is 5.44 Å². The second kappa shape index (κ2) is 2.90. The van der Waals surface area contributed by atoms with E-state index in [1.807, 2.05) is 6.92 Å². The maximum absolute atomic E-state index is 9.19. The van der Waals surface area contributed by atoms with E-state index >= 15 is 0 Å². The van der Waals surface area contributed by atoms with Gasteiger partial charge < -0.3 is 9.84 Å². The first-order chi connectivity index (χ1) is 4.24. The topological polar surface area (TPSA) is 29.5 Å². The number of rotatable bonds is 1. The van der Waals surface area contributed by atoms with Gasteiger partial charge in [-0.15, -0.1) is 12.6 Å². The monoisotopic (exact) mass is 148 g/mol. The molecule has 3 unspecified atom stereocenters. The Morgan fingerprint density at radius 3 is 2.67 bits per heavy atom. The van der Waals surface area contributed by atoms with Crippen LogP contribution in [0.1, 0.15) is 19.8 Å². The minimum absolute atomic E-state index is 0.0208. The standard InChI is InChI=1S/C6H12O2S/c1-2-5-4(7)3-6(9)8-5/h4-7,9H,2-3H2,1H3. The average Bonchev–Trinajstić information content (AvgIpc) is 2.10. The molecule has 1 fully saturated rings. The van der Waals surface area contributed by atoms with Crippen molar-refractivity contribution < 1.29 is 9.84 Å². The highest BCUT2D eigenvalue weighted by Crippen LogP contribution is 2.24. The summed E-state index contributed by atoms with van der Waals surface area (Å²) in [7, 11) is 0. The lowest BCUT2D eigenvalue weighted by Gasteiger charge is -2.09. The van der Waals surface area contributed by atoms with Crippen molar-refractivity contribution in [2.75, 3.05) is 0 Å². The summed E-state index contributed by atoms with van der Waals surface area (Å²) in [6.45, 7) is 2.00. The number of ether oxygens (including phenoxy) is 1. The second-order valence-electron chi connectivity index (χ2n) is 2.34. The number of hydrogen-bond donors (Lipinski definition) is 2. The molecule has 3 atom stereocenters. The summed E-state index contributed by atoms with van der Waals surface area (Å²) in [4.78, 5) is 0. The summed E-state index contributed by atoms with van der Waals surface area (Å²) in [5.74, 6) is 0. The molecule has 0 bridgehead atoms. The second-order valence-corrected chi connectivity index (χ2v) is 2.92. The normalized spacial score (nSPS) is 43.7. The molecule has 0 aromatic carbocycles. The summed E-state index contributed by atoms with van der Waals surface area (Å²) in [5.41, 5.74) is -0.0510. The summed E-state index contributed by atoms with van der Waals surface area (Å²) >= 11 is 4.08. The first-order valence-corrected chi connectivity index (χ1v) is 3.77. The molecule has 1 rings (SSSR count). The zero-order chi connectivity index (χ0) is 6.85. The van der Waals surface area contributed by atoms with Gasteiger partial charge in [-0.1, -0.05) is 6.92 Å². The van der Waals surface area contributed by atoms with Crippen molar-refractivity contribution in [3.63, 3.8) is 0 Å². The highest BCUT2D eigenvalue weighted by atomic mass is 32.1. The summed E-state index contributed by atoms with van der Waals surface area (Å²) in [6, 6.07) is 0. The molecule has 0 aromatic rings. The predicted octanol–water partition coefficient (Wildman–Crippen LogP) is 0.802. The molecule has 0 radical (unpaired) electrons. The highest BCUT2D eigenvalue weighted by Gasteiger charge is 2.29. The molecule has 9 heavy (non-hydrogen) atoms. The SMILES string of the molecule is CCC1OC(S)CC1O. The molecule has 1 aliphatic heterocycles. The third kappa shape index (κ3) is 1.60. The van der Waals surface area contributed by atoms with E-state index in [4.69, 9.17) is 4.74 Å². The Hall–Kier alpha value is 0.270. The van der Waals surface area contributed by atoms with Gasteiger partial charge in [-0.3, -0.25) is 0 Å². The van der Waals surface area contributed by atoms with Gasteiger partial charge in [0.2, 0.25) is 0 Å². The van der Waals surface area contributed by atoms with Crippen LogP contribution in [-0.4, -0.2) is 22.8 Å². The largest absolute Gasteiger partial charge is 0.390 e.